The van der Waals surface area contributed by atoms with Gasteiger partial charge in [0.15, 0.2) is 0 Å². The van der Waals surface area contributed by atoms with Crippen LogP contribution >= 0.6 is 11.6 Å². The van der Waals surface area contributed by atoms with Gasteiger partial charge in [0, 0.05) is 30.7 Å². The van der Waals surface area contributed by atoms with E-state index < -0.39 is 0 Å². The fourth-order valence-corrected chi connectivity index (χ4v) is 2.68. The zero-order chi connectivity index (χ0) is 9.26. The third-order valence-electron chi connectivity index (χ3n) is 3.07. The minimum atomic E-state index is 0.713. The van der Waals surface area contributed by atoms with Crippen LogP contribution in [0, 0.1) is 5.92 Å². The molecule has 13 heavy (non-hydrogen) atoms. The van der Waals surface area contributed by atoms with Crippen molar-refractivity contribution in [3.8, 4) is 0 Å². The van der Waals surface area contributed by atoms with E-state index in [-0.39, 0.29) is 0 Å². The predicted molar refractivity (Wildman–Crippen MR) is 55.9 cm³/mol. The Kier molecular flexibility index (Phi) is 2.92. The summed E-state index contributed by atoms with van der Waals surface area (Å²) in [6.07, 6.45) is 2.71. The Bertz CT molecular complexity index is 191. The monoisotopic (exact) mass is 200 g/mol. The standard InChI is InChI=1S/C10H17ClN2/c1-8(11)5-13-6-9-3-2-4-12-10(9)7-13/h9-10,12H,1-7H2/t9-,10+/m0/s1. The van der Waals surface area contributed by atoms with Crippen molar-refractivity contribution in [1.82, 2.24) is 10.2 Å². The van der Waals surface area contributed by atoms with Crippen LogP contribution in [-0.2, 0) is 0 Å². The second kappa shape index (κ2) is 3.99. The van der Waals surface area contributed by atoms with Gasteiger partial charge in [-0.25, -0.2) is 0 Å². The summed E-state index contributed by atoms with van der Waals surface area (Å²) in [6, 6.07) is 0.713. The van der Waals surface area contributed by atoms with E-state index in [1.165, 1.54) is 25.9 Å². The fraction of sp³-hybridized carbons (Fsp3) is 0.800. The molecule has 74 valence electrons. The molecule has 2 heterocycles. The summed E-state index contributed by atoms with van der Waals surface area (Å²) >= 11 is 5.80. The number of rotatable bonds is 2. The molecular weight excluding hydrogens is 184 g/mol. The molecule has 0 bridgehead atoms. The molecule has 0 aromatic rings. The maximum absolute atomic E-state index is 5.80. The highest BCUT2D eigenvalue weighted by molar-refractivity contribution is 6.29. The molecule has 3 heteroatoms. The number of likely N-dealkylation sites (tertiary alicyclic amines) is 1. The van der Waals surface area contributed by atoms with Crippen LogP contribution in [0.5, 0.6) is 0 Å². The van der Waals surface area contributed by atoms with Crippen LogP contribution in [0.4, 0.5) is 0 Å². The zero-order valence-corrected chi connectivity index (χ0v) is 8.69. The minimum Gasteiger partial charge on any atom is -0.312 e. The lowest BCUT2D eigenvalue weighted by molar-refractivity contribution is 0.335. The summed E-state index contributed by atoms with van der Waals surface area (Å²) in [6.45, 7) is 8.14. The Morgan fingerprint density at radius 2 is 2.38 bits per heavy atom. The molecule has 2 rings (SSSR count). The molecule has 2 nitrogen and oxygen atoms in total. The molecule has 0 saturated carbocycles. The van der Waals surface area contributed by atoms with Crippen LogP contribution in [0.2, 0.25) is 0 Å². The summed E-state index contributed by atoms with van der Waals surface area (Å²) in [7, 11) is 0. The maximum atomic E-state index is 5.80. The molecule has 0 radical (unpaired) electrons. The van der Waals surface area contributed by atoms with Gasteiger partial charge in [0.1, 0.15) is 0 Å². The fourth-order valence-electron chi connectivity index (χ4n) is 2.51. The summed E-state index contributed by atoms with van der Waals surface area (Å²) < 4.78 is 0. The molecule has 2 aliphatic rings. The van der Waals surface area contributed by atoms with Crippen molar-refractivity contribution < 1.29 is 0 Å². The summed E-state index contributed by atoms with van der Waals surface area (Å²) in [4.78, 5) is 2.41. The molecule has 2 saturated heterocycles. The van der Waals surface area contributed by atoms with Gasteiger partial charge in [-0.2, -0.15) is 0 Å². The molecule has 1 N–H and O–H groups in total. The molecule has 0 aromatic carbocycles. The molecule has 0 aromatic heterocycles. The van der Waals surface area contributed by atoms with Crippen molar-refractivity contribution in [2.45, 2.75) is 18.9 Å². The number of hydrogen-bond acceptors (Lipinski definition) is 2. The van der Waals surface area contributed by atoms with E-state index in [4.69, 9.17) is 11.6 Å². The van der Waals surface area contributed by atoms with Crippen LogP contribution in [0.3, 0.4) is 0 Å². The van der Waals surface area contributed by atoms with E-state index in [0.717, 1.165) is 24.0 Å². The zero-order valence-electron chi connectivity index (χ0n) is 7.93. The van der Waals surface area contributed by atoms with Crippen molar-refractivity contribution in [3.05, 3.63) is 11.6 Å². The average Bonchev–Trinajstić information content (AvgIpc) is 2.44. The maximum Gasteiger partial charge on any atom is 0.0336 e. The molecule has 0 unspecified atom stereocenters. The number of nitrogens with one attached hydrogen (secondary N) is 1. The third-order valence-corrected chi connectivity index (χ3v) is 3.19. The van der Waals surface area contributed by atoms with Gasteiger partial charge >= 0.3 is 0 Å². The summed E-state index contributed by atoms with van der Waals surface area (Å²) in [5, 5.41) is 4.33. The lowest BCUT2D eigenvalue weighted by Gasteiger charge is -2.24. The second-order valence-electron chi connectivity index (χ2n) is 4.17. The van der Waals surface area contributed by atoms with Gasteiger partial charge in [-0.3, -0.25) is 4.90 Å². The van der Waals surface area contributed by atoms with Crippen LogP contribution in [-0.4, -0.2) is 37.1 Å². The van der Waals surface area contributed by atoms with Crippen molar-refractivity contribution in [2.24, 2.45) is 5.92 Å². The normalized spacial score (nSPS) is 34.5. The SMILES string of the molecule is C=C(Cl)CN1C[C@@H]2CCCN[C@@H]2C1. The van der Waals surface area contributed by atoms with Crippen LogP contribution < -0.4 is 5.32 Å². The third kappa shape index (κ3) is 2.25. The molecule has 2 fully saturated rings. The minimum absolute atomic E-state index is 0.713. The molecule has 0 amide bonds. The van der Waals surface area contributed by atoms with Gasteiger partial charge in [0.2, 0.25) is 0 Å². The van der Waals surface area contributed by atoms with Gasteiger partial charge in [0.25, 0.3) is 0 Å². The largest absolute Gasteiger partial charge is 0.312 e. The van der Waals surface area contributed by atoms with Crippen molar-refractivity contribution >= 4 is 11.6 Å². The second-order valence-corrected chi connectivity index (χ2v) is 4.71. The molecule has 2 atom stereocenters. The van der Waals surface area contributed by atoms with E-state index in [1.807, 2.05) is 0 Å². The number of halogens is 1. The number of nitrogens with zero attached hydrogens (tertiary/aromatic N) is 1. The van der Waals surface area contributed by atoms with E-state index in [9.17, 15) is 0 Å². The summed E-state index contributed by atoms with van der Waals surface area (Å²) in [5.41, 5.74) is 0. The van der Waals surface area contributed by atoms with Crippen LogP contribution in [0.15, 0.2) is 11.6 Å². The molecule has 0 aliphatic carbocycles. The lowest BCUT2D eigenvalue weighted by atomic mass is 9.94. The van der Waals surface area contributed by atoms with Gasteiger partial charge < -0.3 is 5.32 Å². The van der Waals surface area contributed by atoms with Gasteiger partial charge in [-0.15, -0.1) is 0 Å². The highest BCUT2D eigenvalue weighted by Gasteiger charge is 2.33. The predicted octanol–water partition coefficient (Wildman–Crippen LogP) is 1.42. The first kappa shape index (κ1) is 9.50. The van der Waals surface area contributed by atoms with E-state index in [2.05, 4.69) is 16.8 Å². The van der Waals surface area contributed by atoms with Gasteiger partial charge in [0.05, 0.1) is 0 Å². The first-order valence-electron chi connectivity index (χ1n) is 5.05. The molecule has 2 aliphatic heterocycles. The Labute approximate surface area is 84.9 Å². The van der Waals surface area contributed by atoms with Gasteiger partial charge in [-0.1, -0.05) is 18.2 Å². The highest BCUT2D eigenvalue weighted by atomic mass is 35.5. The van der Waals surface area contributed by atoms with Gasteiger partial charge in [-0.05, 0) is 25.3 Å². The van der Waals surface area contributed by atoms with E-state index >= 15 is 0 Å². The quantitative estimate of drug-likeness (QED) is 0.726. The first-order valence-corrected chi connectivity index (χ1v) is 5.42. The van der Waals surface area contributed by atoms with E-state index in [0.29, 0.717) is 6.04 Å². The topological polar surface area (TPSA) is 15.3 Å². The van der Waals surface area contributed by atoms with Crippen molar-refractivity contribution in [2.75, 3.05) is 26.2 Å². The Hall–Kier alpha value is -0.0500. The Morgan fingerprint density at radius 1 is 1.54 bits per heavy atom. The number of fused-ring (bicyclic) bond motifs is 1. The molecular formula is C10H17ClN2. The highest BCUT2D eigenvalue weighted by Crippen LogP contribution is 2.25. The van der Waals surface area contributed by atoms with Crippen LogP contribution in [0.25, 0.3) is 0 Å². The van der Waals surface area contributed by atoms with Crippen molar-refractivity contribution in [1.29, 1.82) is 0 Å². The lowest BCUT2D eigenvalue weighted by Crippen LogP contribution is -2.40. The van der Waals surface area contributed by atoms with E-state index in [1.54, 1.807) is 0 Å². The number of hydrogen-bond donors (Lipinski definition) is 1. The molecule has 0 spiro atoms. The summed E-state index contributed by atoms with van der Waals surface area (Å²) in [5.74, 6) is 0.852. The van der Waals surface area contributed by atoms with Crippen LogP contribution in [0.1, 0.15) is 12.8 Å². The Morgan fingerprint density at radius 3 is 3.08 bits per heavy atom. The number of piperidine rings is 1. The smallest absolute Gasteiger partial charge is 0.0336 e. The van der Waals surface area contributed by atoms with Crippen molar-refractivity contribution in [3.63, 3.8) is 0 Å². The average molecular weight is 201 g/mol. The first-order chi connectivity index (χ1) is 6.25. The Balaban J connectivity index is 1.87.